The van der Waals surface area contributed by atoms with E-state index in [9.17, 15) is 14.9 Å². The van der Waals surface area contributed by atoms with Crippen molar-refractivity contribution >= 4 is 11.6 Å². The first kappa shape index (κ1) is 21.7. The lowest BCUT2D eigenvalue weighted by Crippen LogP contribution is -2.48. The van der Waals surface area contributed by atoms with Gasteiger partial charge in [-0.25, -0.2) is 0 Å². The number of aromatic nitrogens is 4. The van der Waals surface area contributed by atoms with Crippen molar-refractivity contribution in [1.29, 1.82) is 0 Å². The number of rotatable bonds is 5. The number of non-ortho nitro benzene ring substituents is 1. The minimum absolute atomic E-state index is 0.00719. The summed E-state index contributed by atoms with van der Waals surface area (Å²) in [5, 5.41) is 19.9. The second kappa shape index (κ2) is 8.54. The Hall–Kier alpha value is -3.53. The minimum atomic E-state index is -0.442. The summed E-state index contributed by atoms with van der Waals surface area (Å²) in [5.74, 6) is -0.0696. The molecule has 0 spiro atoms. The third-order valence-corrected chi connectivity index (χ3v) is 6.11. The van der Waals surface area contributed by atoms with Crippen molar-refractivity contribution in [3.05, 3.63) is 63.1 Å². The van der Waals surface area contributed by atoms with Gasteiger partial charge in [-0.05, 0) is 26.0 Å². The fraction of sp³-hybridized carbons (Fsp3) is 0.409. The topological polar surface area (TPSA) is 102 Å². The second-order valence-electron chi connectivity index (χ2n) is 8.21. The van der Waals surface area contributed by atoms with E-state index >= 15 is 0 Å². The van der Waals surface area contributed by atoms with Crippen LogP contribution in [0.4, 0.5) is 5.69 Å². The quantitative estimate of drug-likeness (QED) is 0.448. The Bertz CT molecular complexity index is 1160. The number of hydrogen-bond acceptors (Lipinski definition) is 6. The van der Waals surface area contributed by atoms with Crippen LogP contribution in [0.2, 0.25) is 0 Å². The van der Waals surface area contributed by atoms with Crippen molar-refractivity contribution in [2.24, 2.45) is 14.1 Å². The standard InChI is InChI=1S/C22H27N7O3/c1-15-19(16(2)26(4)23-15)14-27-9-11-28(12-10-27)22(30)20-13-25(3)24-21(20)17-5-7-18(8-6-17)29(31)32/h5-8,13H,9-12,14H2,1-4H3. The molecule has 4 rings (SSSR count). The Balaban J connectivity index is 1.46. The summed E-state index contributed by atoms with van der Waals surface area (Å²) in [5.41, 5.74) is 5.20. The number of aryl methyl sites for hydroxylation is 3. The minimum Gasteiger partial charge on any atom is -0.336 e. The summed E-state index contributed by atoms with van der Waals surface area (Å²) >= 11 is 0. The van der Waals surface area contributed by atoms with E-state index in [1.165, 1.54) is 23.4 Å². The van der Waals surface area contributed by atoms with E-state index < -0.39 is 4.92 Å². The van der Waals surface area contributed by atoms with Crippen LogP contribution in [0, 0.1) is 24.0 Å². The normalized spacial score (nSPS) is 14.7. The van der Waals surface area contributed by atoms with Crippen molar-refractivity contribution in [3.8, 4) is 11.3 Å². The van der Waals surface area contributed by atoms with Crippen LogP contribution >= 0.6 is 0 Å². The van der Waals surface area contributed by atoms with Gasteiger partial charge in [0.05, 0.1) is 16.2 Å². The van der Waals surface area contributed by atoms with E-state index in [0.717, 1.165) is 25.3 Å². The molecule has 10 nitrogen and oxygen atoms in total. The number of piperazine rings is 1. The molecule has 0 radical (unpaired) electrons. The van der Waals surface area contributed by atoms with Gasteiger partial charge in [0, 0.05) is 82.0 Å². The number of amides is 1. The third-order valence-electron chi connectivity index (χ3n) is 6.11. The number of carbonyl (C=O) groups excluding carboxylic acids is 1. The fourth-order valence-corrected chi connectivity index (χ4v) is 4.15. The van der Waals surface area contributed by atoms with Crippen LogP contribution in [0.1, 0.15) is 27.3 Å². The summed E-state index contributed by atoms with van der Waals surface area (Å²) < 4.78 is 3.51. The predicted octanol–water partition coefficient (Wildman–Crippen LogP) is 2.30. The average molecular weight is 438 g/mol. The first-order valence-corrected chi connectivity index (χ1v) is 10.5. The first-order valence-electron chi connectivity index (χ1n) is 10.5. The van der Waals surface area contributed by atoms with Crippen LogP contribution in [0.3, 0.4) is 0 Å². The molecular weight excluding hydrogens is 410 g/mol. The van der Waals surface area contributed by atoms with Gasteiger partial charge in [-0.15, -0.1) is 0 Å². The summed E-state index contributed by atoms with van der Waals surface area (Å²) in [7, 11) is 3.72. The number of nitro benzene ring substituents is 1. The van der Waals surface area contributed by atoms with E-state index in [1.807, 2.05) is 23.6 Å². The summed E-state index contributed by atoms with van der Waals surface area (Å²) in [6, 6.07) is 6.13. The van der Waals surface area contributed by atoms with Crippen LogP contribution in [0.25, 0.3) is 11.3 Å². The lowest BCUT2D eigenvalue weighted by atomic mass is 10.1. The van der Waals surface area contributed by atoms with E-state index in [4.69, 9.17) is 0 Å². The van der Waals surface area contributed by atoms with Crippen LogP contribution in [0.15, 0.2) is 30.5 Å². The summed E-state index contributed by atoms with van der Waals surface area (Å²) in [6.45, 7) is 7.77. The Labute approximate surface area is 186 Å². The molecule has 168 valence electrons. The van der Waals surface area contributed by atoms with E-state index in [1.54, 1.807) is 30.1 Å². The van der Waals surface area contributed by atoms with Crippen molar-refractivity contribution in [2.45, 2.75) is 20.4 Å². The number of carbonyl (C=O) groups is 1. The highest BCUT2D eigenvalue weighted by Crippen LogP contribution is 2.26. The molecule has 32 heavy (non-hydrogen) atoms. The number of nitrogens with zero attached hydrogens (tertiary/aromatic N) is 7. The van der Waals surface area contributed by atoms with Gasteiger partial charge in [0.2, 0.25) is 0 Å². The van der Waals surface area contributed by atoms with E-state index in [0.29, 0.717) is 29.9 Å². The molecular formula is C22H27N7O3. The van der Waals surface area contributed by atoms with Crippen LogP contribution < -0.4 is 0 Å². The molecule has 1 amide bonds. The maximum absolute atomic E-state index is 13.3. The molecule has 1 aliphatic rings. The van der Waals surface area contributed by atoms with Crippen molar-refractivity contribution < 1.29 is 9.72 Å². The molecule has 1 fully saturated rings. The highest BCUT2D eigenvalue weighted by Gasteiger charge is 2.27. The zero-order valence-electron chi connectivity index (χ0n) is 18.8. The lowest BCUT2D eigenvalue weighted by Gasteiger charge is -2.34. The summed E-state index contributed by atoms with van der Waals surface area (Å²) in [4.78, 5) is 28.0. The number of hydrogen-bond donors (Lipinski definition) is 0. The molecule has 1 aliphatic heterocycles. The highest BCUT2D eigenvalue weighted by molar-refractivity contribution is 5.99. The zero-order valence-corrected chi connectivity index (χ0v) is 18.8. The molecule has 0 bridgehead atoms. The second-order valence-corrected chi connectivity index (χ2v) is 8.21. The molecule has 3 aromatic rings. The van der Waals surface area contributed by atoms with Crippen molar-refractivity contribution in [3.63, 3.8) is 0 Å². The van der Waals surface area contributed by atoms with E-state index in [2.05, 4.69) is 22.0 Å². The monoisotopic (exact) mass is 437 g/mol. The molecule has 1 aromatic carbocycles. The number of nitro groups is 1. The van der Waals surface area contributed by atoms with Gasteiger partial charge in [0.25, 0.3) is 11.6 Å². The Kier molecular flexibility index (Phi) is 5.79. The van der Waals surface area contributed by atoms with Gasteiger partial charge in [0.15, 0.2) is 0 Å². The molecule has 10 heteroatoms. The molecule has 0 aliphatic carbocycles. The van der Waals surface area contributed by atoms with Gasteiger partial charge in [0.1, 0.15) is 5.69 Å². The lowest BCUT2D eigenvalue weighted by molar-refractivity contribution is -0.384. The Morgan fingerprint density at radius 1 is 1.06 bits per heavy atom. The fourth-order valence-electron chi connectivity index (χ4n) is 4.15. The number of benzene rings is 1. The van der Waals surface area contributed by atoms with Gasteiger partial charge < -0.3 is 4.90 Å². The Morgan fingerprint density at radius 3 is 2.28 bits per heavy atom. The van der Waals surface area contributed by atoms with Gasteiger partial charge >= 0.3 is 0 Å². The van der Waals surface area contributed by atoms with Gasteiger partial charge in [-0.2, -0.15) is 10.2 Å². The largest absolute Gasteiger partial charge is 0.336 e. The zero-order chi connectivity index (χ0) is 23.0. The smallest absolute Gasteiger partial charge is 0.269 e. The van der Waals surface area contributed by atoms with E-state index in [-0.39, 0.29) is 11.6 Å². The highest BCUT2D eigenvalue weighted by atomic mass is 16.6. The molecule has 1 saturated heterocycles. The molecule has 2 aromatic heterocycles. The van der Waals surface area contributed by atoms with Gasteiger partial charge in [-0.3, -0.25) is 29.2 Å². The van der Waals surface area contributed by atoms with Crippen LogP contribution in [0.5, 0.6) is 0 Å². The maximum atomic E-state index is 13.3. The SMILES string of the molecule is Cc1nn(C)c(C)c1CN1CCN(C(=O)c2cn(C)nc2-c2ccc([N+](=O)[O-])cc2)CC1. The Morgan fingerprint density at radius 2 is 1.72 bits per heavy atom. The molecule has 0 saturated carbocycles. The van der Waals surface area contributed by atoms with Crippen LogP contribution in [-0.2, 0) is 20.6 Å². The van der Waals surface area contributed by atoms with Crippen molar-refractivity contribution in [2.75, 3.05) is 26.2 Å². The summed E-state index contributed by atoms with van der Waals surface area (Å²) in [6.07, 6.45) is 1.72. The third kappa shape index (κ3) is 4.13. The molecule has 3 heterocycles. The van der Waals surface area contributed by atoms with Gasteiger partial charge in [-0.1, -0.05) is 0 Å². The average Bonchev–Trinajstić information content (AvgIpc) is 3.28. The predicted molar refractivity (Wildman–Crippen MR) is 119 cm³/mol. The molecule has 0 atom stereocenters. The van der Waals surface area contributed by atoms with Crippen molar-refractivity contribution in [1.82, 2.24) is 29.4 Å². The van der Waals surface area contributed by atoms with Crippen LogP contribution in [-0.4, -0.2) is 66.4 Å². The molecule has 0 N–H and O–H groups in total. The maximum Gasteiger partial charge on any atom is 0.269 e. The first-order chi connectivity index (χ1) is 15.2. The molecule has 0 unspecified atom stereocenters.